The van der Waals surface area contributed by atoms with Crippen LogP contribution >= 0.6 is 0 Å². The van der Waals surface area contributed by atoms with Crippen molar-refractivity contribution in [3.05, 3.63) is 29.8 Å². The topological polar surface area (TPSA) is 52.7 Å². The van der Waals surface area contributed by atoms with E-state index in [0.717, 1.165) is 13.1 Å². The number of ketones is 1. The van der Waals surface area contributed by atoms with Crippen LogP contribution in [0.15, 0.2) is 24.3 Å². The highest BCUT2D eigenvalue weighted by Gasteiger charge is 2.33. The third kappa shape index (κ3) is 3.61. The summed E-state index contributed by atoms with van der Waals surface area (Å²) >= 11 is 0. The quantitative estimate of drug-likeness (QED) is 0.895. The Morgan fingerprint density at radius 2 is 1.96 bits per heavy atom. The summed E-state index contributed by atoms with van der Waals surface area (Å²) in [4.78, 5) is 28.4. The highest BCUT2D eigenvalue weighted by Crippen LogP contribution is 2.26. The molecule has 2 atom stereocenters. The van der Waals surface area contributed by atoms with Gasteiger partial charge >= 0.3 is 0 Å². The molecule has 2 aliphatic heterocycles. The lowest BCUT2D eigenvalue weighted by atomic mass is 10.0. The normalized spacial score (nSPS) is 23.5. The van der Waals surface area contributed by atoms with Crippen molar-refractivity contribution in [1.82, 2.24) is 10.2 Å². The number of hydrogen-bond donors (Lipinski definition) is 1. The van der Waals surface area contributed by atoms with Crippen LogP contribution in [0.4, 0.5) is 5.69 Å². The van der Waals surface area contributed by atoms with Gasteiger partial charge < -0.3 is 15.1 Å². The fraction of sp³-hybridized carbons (Fsp3) is 0.579. The molecule has 1 amide bonds. The first-order valence-corrected chi connectivity index (χ1v) is 8.88. The molecule has 2 saturated heterocycles. The largest absolute Gasteiger partial charge is 0.371 e. The zero-order chi connectivity index (χ0) is 17.1. The van der Waals surface area contributed by atoms with Crippen LogP contribution in [-0.2, 0) is 16.1 Å². The zero-order valence-corrected chi connectivity index (χ0v) is 14.6. The number of nitrogens with one attached hydrogen (secondary N) is 1. The molecule has 0 spiro atoms. The SMILES string of the molecule is CC(=O)C1CNC(C(=O)N(C)Cc2ccccc2N2CCCC2)C1. The van der Waals surface area contributed by atoms with Gasteiger partial charge in [-0.25, -0.2) is 0 Å². The summed E-state index contributed by atoms with van der Waals surface area (Å²) in [6.45, 7) is 5.02. The summed E-state index contributed by atoms with van der Waals surface area (Å²) in [5.74, 6) is 0.221. The molecule has 1 N–H and O–H groups in total. The number of para-hydroxylation sites is 1. The van der Waals surface area contributed by atoms with Gasteiger partial charge in [-0.3, -0.25) is 9.59 Å². The minimum Gasteiger partial charge on any atom is -0.371 e. The van der Waals surface area contributed by atoms with Crippen LogP contribution in [0.5, 0.6) is 0 Å². The Morgan fingerprint density at radius 3 is 2.62 bits per heavy atom. The van der Waals surface area contributed by atoms with E-state index < -0.39 is 0 Å². The summed E-state index contributed by atoms with van der Waals surface area (Å²) in [6.07, 6.45) is 3.09. The molecule has 2 fully saturated rings. The van der Waals surface area contributed by atoms with Gasteiger partial charge in [-0.2, -0.15) is 0 Å². The number of Topliss-reactive ketones (excluding diaryl/α,β-unsaturated/α-hetero) is 1. The monoisotopic (exact) mass is 329 g/mol. The minimum atomic E-state index is -0.233. The molecule has 24 heavy (non-hydrogen) atoms. The molecule has 2 aliphatic rings. The molecular weight excluding hydrogens is 302 g/mol. The molecule has 0 aromatic heterocycles. The molecular formula is C19H27N3O2. The van der Waals surface area contributed by atoms with E-state index >= 15 is 0 Å². The summed E-state index contributed by atoms with van der Waals surface area (Å²) in [5.41, 5.74) is 2.44. The second kappa shape index (κ2) is 7.34. The van der Waals surface area contributed by atoms with Crippen molar-refractivity contribution in [3.8, 4) is 0 Å². The predicted molar refractivity (Wildman–Crippen MR) is 94.9 cm³/mol. The number of rotatable bonds is 5. The van der Waals surface area contributed by atoms with Gasteiger partial charge in [-0.15, -0.1) is 0 Å². The number of hydrogen-bond acceptors (Lipinski definition) is 4. The lowest BCUT2D eigenvalue weighted by molar-refractivity contribution is -0.132. The number of likely N-dealkylation sites (N-methyl/N-ethyl adjacent to an activating group) is 1. The number of carbonyl (C=O) groups excluding carboxylic acids is 2. The number of anilines is 1. The van der Waals surface area contributed by atoms with Crippen LogP contribution < -0.4 is 10.2 Å². The molecule has 0 aliphatic carbocycles. The molecule has 1 aromatic carbocycles. The van der Waals surface area contributed by atoms with Crippen LogP contribution in [0.1, 0.15) is 31.7 Å². The van der Waals surface area contributed by atoms with E-state index in [9.17, 15) is 9.59 Å². The Bertz CT molecular complexity index is 610. The van der Waals surface area contributed by atoms with Crippen molar-refractivity contribution in [1.29, 1.82) is 0 Å². The highest BCUT2D eigenvalue weighted by molar-refractivity contribution is 5.85. The Hall–Kier alpha value is -1.88. The van der Waals surface area contributed by atoms with E-state index in [2.05, 4.69) is 28.4 Å². The van der Waals surface area contributed by atoms with Crippen molar-refractivity contribution < 1.29 is 9.59 Å². The summed E-state index contributed by atoms with van der Waals surface area (Å²) in [5, 5.41) is 3.20. The smallest absolute Gasteiger partial charge is 0.239 e. The van der Waals surface area contributed by atoms with Crippen LogP contribution in [0.25, 0.3) is 0 Å². The second-order valence-electron chi connectivity index (χ2n) is 7.02. The van der Waals surface area contributed by atoms with Crippen molar-refractivity contribution in [2.24, 2.45) is 5.92 Å². The molecule has 5 heteroatoms. The minimum absolute atomic E-state index is 0.0239. The van der Waals surface area contributed by atoms with Gasteiger partial charge in [0.1, 0.15) is 5.78 Å². The van der Waals surface area contributed by atoms with Crippen LogP contribution in [0.3, 0.4) is 0 Å². The lowest BCUT2D eigenvalue weighted by Crippen LogP contribution is -2.41. The number of amides is 1. The maximum Gasteiger partial charge on any atom is 0.239 e. The van der Waals surface area contributed by atoms with E-state index in [1.807, 2.05) is 13.1 Å². The van der Waals surface area contributed by atoms with E-state index in [1.165, 1.54) is 24.1 Å². The summed E-state index contributed by atoms with van der Waals surface area (Å²) in [7, 11) is 1.85. The van der Waals surface area contributed by atoms with Gasteiger partial charge in [0.2, 0.25) is 5.91 Å². The number of benzene rings is 1. The van der Waals surface area contributed by atoms with E-state index in [4.69, 9.17) is 0 Å². The van der Waals surface area contributed by atoms with Gasteiger partial charge in [-0.05, 0) is 37.8 Å². The van der Waals surface area contributed by atoms with Crippen LogP contribution in [0.2, 0.25) is 0 Å². The van der Waals surface area contributed by atoms with Gasteiger partial charge in [0.25, 0.3) is 0 Å². The second-order valence-corrected chi connectivity index (χ2v) is 7.02. The van der Waals surface area contributed by atoms with Crippen molar-refractivity contribution in [2.75, 3.05) is 31.6 Å². The first kappa shape index (κ1) is 17.0. The number of carbonyl (C=O) groups is 2. The molecule has 0 radical (unpaired) electrons. The van der Waals surface area contributed by atoms with E-state index in [-0.39, 0.29) is 23.7 Å². The molecule has 5 nitrogen and oxygen atoms in total. The maximum absolute atomic E-state index is 12.7. The van der Waals surface area contributed by atoms with Gasteiger partial charge in [0, 0.05) is 44.8 Å². The lowest BCUT2D eigenvalue weighted by Gasteiger charge is -2.26. The van der Waals surface area contributed by atoms with Gasteiger partial charge in [0.05, 0.1) is 6.04 Å². The summed E-state index contributed by atoms with van der Waals surface area (Å²) in [6, 6.07) is 8.13. The van der Waals surface area contributed by atoms with Crippen molar-refractivity contribution in [2.45, 2.75) is 38.8 Å². The fourth-order valence-electron chi connectivity index (χ4n) is 3.74. The Kier molecular flexibility index (Phi) is 5.19. The zero-order valence-electron chi connectivity index (χ0n) is 14.6. The summed E-state index contributed by atoms with van der Waals surface area (Å²) < 4.78 is 0. The molecule has 3 rings (SSSR count). The predicted octanol–water partition coefficient (Wildman–Crippen LogP) is 1.81. The van der Waals surface area contributed by atoms with Crippen LogP contribution in [0, 0.1) is 5.92 Å². The highest BCUT2D eigenvalue weighted by atomic mass is 16.2. The third-order valence-corrected chi connectivity index (χ3v) is 5.23. The average molecular weight is 329 g/mol. The number of nitrogens with zero attached hydrogens (tertiary/aromatic N) is 2. The van der Waals surface area contributed by atoms with E-state index in [1.54, 1.807) is 11.8 Å². The Morgan fingerprint density at radius 1 is 1.25 bits per heavy atom. The standard InChI is InChI=1S/C19H27N3O2/c1-14(23)16-11-17(20-12-16)19(24)21(2)13-15-7-3-4-8-18(15)22-9-5-6-10-22/h3-4,7-8,16-17,20H,5-6,9-13H2,1-2H3. The first-order valence-electron chi connectivity index (χ1n) is 8.88. The van der Waals surface area contributed by atoms with Crippen molar-refractivity contribution in [3.63, 3.8) is 0 Å². The Balaban J connectivity index is 1.65. The maximum atomic E-state index is 12.7. The van der Waals surface area contributed by atoms with Gasteiger partial charge in [-0.1, -0.05) is 18.2 Å². The average Bonchev–Trinajstić information content (AvgIpc) is 3.26. The first-order chi connectivity index (χ1) is 11.6. The molecule has 2 unspecified atom stereocenters. The van der Waals surface area contributed by atoms with Crippen LogP contribution in [-0.4, -0.2) is 49.3 Å². The van der Waals surface area contributed by atoms with E-state index in [0.29, 0.717) is 19.5 Å². The molecule has 130 valence electrons. The molecule has 0 saturated carbocycles. The molecule has 0 bridgehead atoms. The molecule has 2 heterocycles. The molecule has 1 aromatic rings. The third-order valence-electron chi connectivity index (χ3n) is 5.23. The van der Waals surface area contributed by atoms with Crippen molar-refractivity contribution >= 4 is 17.4 Å². The Labute approximate surface area is 144 Å². The fourth-order valence-corrected chi connectivity index (χ4v) is 3.74. The van der Waals surface area contributed by atoms with Gasteiger partial charge in [0.15, 0.2) is 0 Å².